The topological polar surface area (TPSA) is 92.7 Å². The highest BCUT2D eigenvalue weighted by Crippen LogP contribution is 2.11. The van der Waals surface area contributed by atoms with Gasteiger partial charge in [0, 0.05) is 29.9 Å². The first-order chi connectivity index (χ1) is 18.6. The molecule has 0 fully saturated rings. The lowest BCUT2D eigenvalue weighted by Crippen LogP contribution is -2.31. The van der Waals surface area contributed by atoms with Crippen molar-refractivity contribution in [2.45, 2.75) is 81.1 Å². The fourth-order valence-electron chi connectivity index (χ4n) is 2.97. The van der Waals surface area contributed by atoms with E-state index in [2.05, 4.69) is 25.7 Å². The predicted octanol–water partition coefficient (Wildman–Crippen LogP) is 6.95. The lowest BCUT2D eigenvalue weighted by Gasteiger charge is -2.06. The van der Waals surface area contributed by atoms with Crippen molar-refractivity contribution in [1.82, 2.24) is 5.48 Å². The molecule has 2 rings (SSSR count). The number of carbonyl (C=O) groups is 3. The van der Waals surface area contributed by atoms with Gasteiger partial charge >= 0.3 is 0 Å². The molecule has 0 radical (unpaired) electrons. The van der Waals surface area contributed by atoms with Crippen LogP contribution in [0.3, 0.4) is 0 Å². The Bertz CT molecular complexity index is 1030. The molecule has 1 unspecified atom stereocenters. The van der Waals surface area contributed by atoms with E-state index >= 15 is 0 Å². The van der Waals surface area contributed by atoms with Gasteiger partial charge in [-0.05, 0) is 69.4 Å². The van der Waals surface area contributed by atoms with Gasteiger partial charge in [0.25, 0.3) is 5.91 Å². The van der Waals surface area contributed by atoms with Gasteiger partial charge in [0.1, 0.15) is 11.6 Å². The molecule has 0 aromatic heterocycles. The number of amides is 1. The van der Waals surface area contributed by atoms with Crippen LogP contribution in [-0.4, -0.2) is 35.9 Å². The van der Waals surface area contributed by atoms with Gasteiger partial charge in [-0.1, -0.05) is 71.6 Å². The number of rotatable bonds is 9. The van der Waals surface area contributed by atoms with Crippen LogP contribution < -0.4 is 5.48 Å². The van der Waals surface area contributed by atoms with E-state index in [9.17, 15) is 18.8 Å². The van der Waals surface area contributed by atoms with Crippen molar-refractivity contribution in [3.05, 3.63) is 70.5 Å². The van der Waals surface area contributed by atoms with Gasteiger partial charge in [0.05, 0.1) is 5.92 Å². The quantitative estimate of drug-likeness (QED) is 0.0892. The molecule has 0 bridgehead atoms. The highest BCUT2D eigenvalue weighted by Gasteiger charge is 2.19. The van der Waals surface area contributed by atoms with E-state index in [4.69, 9.17) is 9.94 Å². The minimum absolute atomic E-state index is 0.0294. The zero-order valence-electron chi connectivity index (χ0n) is 24.8. The maximum Gasteiger partial charge on any atom is 0.253 e. The third-order valence-electron chi connectivity index (χ3n) is 5.10. The molecule has 39 heavy (non-hydrogen) atoms. The Labute approximate surface area is 234 Å². The summed E-state index contributed by atoms with van der Waals surface area (Å²) in [5, 5.41) is 8.13. The number of Topliss-reactive ketones (excluding diaryl/α,β-unsaturated/α-hetero) is 2. The van der Waals surface area contributed by atoms with E-state index in [0.29, 0.717) is 29.5 Å². The number of ketones is 2. The van der Waals surface area contributed by atoms with Crippen LogP contribution in [-0.2, 0) is 20.7 Å². The Morgan fingerprint density at radius 3 is 1.77 bits per heavy atom. The Morgan fingerprint density at radius 2 is 1.41 bits per heavy atom. The average molecular weight is 544 g/mol. The molecule has 0 aliphatic carbocycles. The summed E-state index contributed by atoms with van der Waals surface area (Å²) in [5.41, 5.74) is 4.24. The van der Waals surface area contributed by atoms with Crippen LogP contribution in [0.1, 0.15) is 102 Å². The molecule has 0 saturated heterocycles. The van der Waals surface area contributed by atoms with Gasteiger partial charge in [0.2, 0.25) is 0 Å². The summed E-state index contributed by atoms with van der Waals surface area (Å²) in [6.45, 7) is 16.6. The lowest BCUT2D eigenvalue weighted by atomic mass is 10.0. The predicted molar refractivity (Wildman–Crippen MR) is 155 cm³/mol. The fourth-order valence-corrected chi connectivity index (χ4v) is 2.97. The molecule has 2 aromatic carbocycles. The number of halogens is 1. The lowest BCUT2D eigenvalue weighted by molar-refractivity contribution is -0.139. The monoisotopic (exact) mass is 543 g/mol. The molecular weight excluding hydrogens is 497 g/mol. The van der Waals surface area contributed by atoms with Crippen molar-refractivity contribution in [1.29, 1.82) is 0 Å². The van der Waals surface area contributed by atoms with Crippen molar-refractivity contribution in [2.24, 2.45) is 5.92 Å². The molecule has 6 nitrogen and oxygen atoms in total. The maximum atomic E-state index is 13.6. The van der Waals surface area contributed by atoms with E-state index in [1.807, 2.05) is 26.8 Å². The molecule has 1 amide bonds. The van der Waals surface area contributed by atoms with E-state index in [0.717, 1.165) is 31.6 Å². The largest absolute Gasteiger partial charge is 0.381 e. The van der Waals surface area contributed by atoms with Crippen LogP contribution in [0.25, 0.3) is 0 Å². The molecule has 2 aromatic rings. The number of hydroxylamine groups is 1. The second-order valence-electron chi connectivity index (χ2n) is 8.20. The van der Waals surface area contributed by atoms with Gasteiger partial charge in [-0.2, -0.15) is 0 Å². The van der Waals surface area contributed by atoms with Crippen LogP contribution in [0.2, 0.25) is 0 Å². The first-order valence-corrected chi connectivity index (χ1v) is 13.6. The normalized spacial score (nSPS) is 10.0. The standard InChI is InChI=1S/C18H15FO.C6H11NO3.C6H14O.C2H6/c1-3-16-9-8-15(12-18(16)19)5-4-14-6-10-17(11-7-14)13(2)20;1-3-5(4(2)8)6(9)7-10;1-3-5-7-6-4-2;1-2/h6-12H,3H2,1-2H3;5,10H,3H2,1-2H3,(H,7,9);3-6H2,1-2H3;1-2H3. The maximum absolute atomic E-state index is 13.6. The van der Waals surface area contributed by atoms with Crippen molar-refractivity contribution < 1.29 is 28.7 Å². The van der Waals surface area contributed by atoms with E-state index < -0.39 is 11.8 Å². The molecule has 7 heteroatoms. The first kappa shape index (κ1) is 37.8. The molecule has 1 atom stereocenters. The second kappa shape index (κ2) is 23.8. The summed E-state index contributed by atoms with van der Waals surface area (Å²) in [4.78, 5) is 32.4. The van der Waals surface area contributed by atoms with Gasteiger partial charge in [-0.3, -0.25) is 19.6 Å². The molecule has 0 aliphatic rings. The number of aryl methyl sites for hydroxylation is 1. The van der Waals surface area contributed by atoms with Crippen molar-refractivity contribution in [3.63, 3.8) is 0 Å². The zero-order valence-corrected chi connectivity index (χ0v) is 24.8. The van der Waals surface area contributed by atoms with Gasteiger partial charge in [-0.25, -0.2) is 9.87 Å². The molecule has 0 heterocycles. The van der Waals surface area contributed by atoms with E-state index in [1.165, 1.54) is 25.4 Å². The zero-order chi connectivity index (χ0) is 30.2. The van der Waals surface area contributed by atoms with Crippen molar-refractivity contribution in [2.75, 3.05) is 13.2 Å². The summed E-state index contributed by atoms with van der Waals surface area (Å²) in [6.07, 6.45) is 3.37. The Morgan fingerprint density at radius 1 is 0.897 bits per heavy atom. The van der Waals surface area contributed by atoms with Crippen LogP contribution in [0.15, 0.2) is 42.5 Å². The number of hydrogen-bond donors (Lipinski definition) is 2. The molecule has 2 N–H and O–H groups in total. The SMILES string of the molecule is CC.CCC(C(C)=O)C(=O)NO.CCCOCCC.CCc1ccc(C#Cc2ccc(C(C)=O)cc2)cc1F. The fraction of sp³-hybridized carbons (Fsp3) is 0.469. The van der Waals surface area contributed by atoms with Gasteiger partial charge < -0.3 is 4.74 Å². The van der Waals surface area contributed by atoms with E-state index in [-0.39, 0.29) is 17.4 Å². The first-order valence-electron chi connectivity index (χ1n) is 13.6. The minimum Gasteiger partial charge on any atom is -0.381 e. The highest BCUT2D eigenvalue weighted by atomic mass is 19.1. The van der Waals surface area contributed by atoms with Crippen molar-refractivity contribution in [3.8, 4) is 11.8 Å². The van der Waals surface area contributed by atoms with Gasteiger partial charge in [0.15, 0.2) is 5.78 Å². The third-order valence-corrected chi connectivity index (χ3v) is 5.10. The van der Waals surface area contributed by atoms with Crippen LogP contribution in [0.5, 0.6) is 0 Å². The van der Waals surface area contributed by atoms with Crippen LogP contribution in [0, 0.1) is 23.6 Å². The van der Waals surface area contributed by atoms with Gasteiger partial charge in [-0.15, -0.1) is 0 Å². The summed E-state index contributed by atoms with van der Waals surface area (Å²) < 4.78 is 18.7. The molecule has 0 saturated carbocycles. The highest BCUT2D eigenvalue weighted by molar-refractivity contribution is 5.99. The summed E-state index contributed by atoms with van der Waals surface area (Å²) in [5.74, 6) is 4.14. The van der Waals surface area contributed by atoms with Crippen molar-refractivity contribution >= 4 is 17.5 Å². The Balaban J connectivity index is 0. The number of hydrogen-bond acceptors (Lipinski definition) is 5. The third kappa shape index (κ3) is 17.0. The number of nitrogens with one attached hydrogen (secondary N) is 1. The summed E-state index contributed by atoms with van der Waals surface area (Å²) in [7, 11) is 0. The number of benzene rings is 2. The van der Waals surface area contributed by atoms with E-state index in [1.54, 1.807) is 37.3 Å². The average Bonchev–Trinajstić information content (AvgIpc) is 2.94. The summed E-state index contributed by atoms with van der Waals surface area (Å²) >= 11 is 0. The Hall–Kier alpha value is -3.34. The summed E-state index contributed by atoms with van der Waals surface area (Å²) in [6, 6.07) is 12.1. The number of ether oxygens (including phenoxy) is 1. The smallest absolute Gasteiger partial charge is 0.253 e. The Kier molecular flexibility index (Phi) is 23.0. The van der Waals surface area contributed by atoms with Crippen LogP contribution in [0.4, 0.5) is 4.39 Å². The second-order valence-corrected chi connectivity index (χ2v) is 8.20. The van der Waals surface area contributed by atoms with Crippen LogP contribution >= 0.6 is 0 Å². The molecule has 0 spiro atoms. The number of carbonyl (C=O) groups excluding carboxylic acids is 3. The molecule has 0 aliphatic heterocycles. The minimum atomic E-state index is -0.704. The molecule has 216 valence electrons. The molecular formula is C32H46FNO5.